The summed E-state index contributed by atoms with van der Waals surface area (Å²) in [4.78, 5) is 9.03. The highest BCUT2D eigenvalue weighted by atomic mass is 16.5. The molecule has 4 nitrogen and oxygen atoms in total. The molecule has 0 aliphatic carbocycles. The van der Waals surface area contributed by atoms with E-state index in [1.165, 1.54) is 0 Å². The fourth-order valence-corrected chi connectivity index (χ4v) is 1.43. The van der Waals surface area contributed by atoms with Crippen LogP contribution in [0.4, 0.5) is 5.82 Å². The molecule has 0 atom stereocenters. The van der Waals surface area contributed by atoms with Gasteiger partial charge < -0.3 is 10.1 Å². The molecule has 0 saturated heterocycles. The summed E-state index contributed by atoms with van der Waals surface area (Å²) in [6.07, 6.45) is 0.756. The van der Waals surface area contributed by atoms with Crippen LogP contribution in [-0.4, -0.2) is 30.2 Å². The van der Waals surface area contributed by atoms with Crippen molar-refractivity contribution in [2.75, 3.05) is 25.6 Å². The number of aromatic nitrogens is 2. The summed E-state index contributed by atoms with van der Waals surface area (Å²) < 4.78 is 5.34. The van der Waals surface area contributed by atoms with Gasteiger partial charge in [0, 0.05) is 31.6 Å². The SMILES string of the molecule is CCOCCc1nc(NC)cc(C(C)(C)C)n1. The summed E-state index contributed by atoms with van der Waals surface area (Å²) in [5, 5.41) is 3.08. The molecule has 1 rings (SSSR count). The van der Waals surface area contributed by atoms with E-state index in [0.717, 1.165) is 30.4 Å². The molecule has 96 valence electrons. The Morgan fingerprint density at radius 3 is 2.53 bits per heavy atom. The van der Waals surface area contributed by atoms with Crippen LogP contribution in [0.5, 0.6) is 0 Å². The second kappa shape index (κ2) is 5.96. The molecule has 0 aromatic carbocycles. The number of anilines is 1. The Morgan fingerprint density at radius 1 is 1.29 bits per heavy atom. The smallest absolute Gasteiger partial charge is 0.133 e. The molecule has 1 heterocycles. The lowest BCUT2D eigenvalue weighted by atomic mass is 9.92. The van der Waals surface area contributed by atoms with Crippen LogP contribution in [0.3, 0.4) is 0 Å². The van der Waals surface area contributed by atoms with Crippen molar-refractivity contribution in [3.63, 3.8) is 0 Å². The monoisotopic (exact) mass is 237 g/mol. The first-order valence-electron chi connectivity index (χ1n) is 6.11. The van der Waals surface area contributed by atoms with Crippen molar-refractivity contribution in [2.24, 2.45) is 0 Å². The highest BCUT2D eigenvalue weighted by Gasteiger charge is 2.17. The molecule has 1 N–H and O–H groups in total. The first-order chi connectivity index (χ1) is 7.97. The van der Waals surface area contributed by atoms with E-state index in [1.54, 1.807) is 0 Å². The summed E-state index contributed by atoms with van der Waals surface area (Å²) in [6.45, 7) is 9.86. The Labute approximate surface area is 104 Å². The second-order valence-electron chi connectivity index (χ2n) is 5.00. The Kier molecular flexibility index (Phi) is 4.87. The summed E-state index contributed by atoms with van der Waals surface area (Å²) in [7, 11) is 1.88. The van der Waals surface area contributed by atoms with Crippen molar-refractivity contribution in [3.8, 4) is 0 Å². The number of rotatable bonds is 5. The highest BCUT2D eigenvalue weighted by Crippen LogP contribution is 2.22. The molecule has 17 heavy (non-hydrogen) atoms. The minimum Gasteiger partial charge on any atom is -0.381 e. The van der Waals surface area contributed by atoms with Gasteiger partial charge in [-0.1, -0.05) is 20.8 Å². The van der Waals surface area contributed by atoms with Crippen LogP contribution in [0.15, 0.2) is 6.07 Å². The van der Waals surface area contributed by atoms with Crippen molar-refractivity contribution >= 4 is 5.82 Å². The van der Waals surface area contributed by atoms with Gasteiger partial charge in [-0.05, 0) is 6.92 Å². The van der Waals surface area contributed by atoms with Crippen LogP contribution in [-0.2, 0) is 16.6 Å². The maximum absolute atomic E-state index is 5.34. The van der Waals surface area contributed by atoms with Crippen molar-refractivity contribution < 1.29 is 4.74 Å². The standard InChI is InChI=1S/C13H23N3O/c1-6-17-8-7-11-15-10(13(2,3)4)9-12(14-5)16-11/h9H,6-8H2,1-5H3,(H,14,15,16). The third-order valence-electron chi connectivity index (χ3n) is 2.47. The summed E-state index contributed by atoms with van der Waals surface area (Å²) >= 11 is 0. The zero-order valence-electron chi connectivity index (χ0n) is 11.5. The molecule has 0 bridgehead atoms. The van der Waals surface area contributed by atoms with E-state index < -0.39 is 0 Å². The van der Waals surface area contributed by atoms with Gasteiger partial charge in [0.15, 0.2) is 0 Å². The van der Waals surface area contributed by atoms with Gasteiger partial charge >= 0.3 is 0 Å². The summed E-state index contributed by atoms with van der Waals surface area (Å²) in [6, 6.07) is 2.00. The van der Waals surface area contributed by atoms with Gasteiger partial charge in [-0.3, -0.25) is 0 Å². The Balaban J connectivity index is 2.89. The Morgan fingerprint density at radius 2 is 2.00 bits per heavy atom. The zero-order valence-corrected chi connectivity index (χ0v) is 11.5. The van der Waals surface area contributed by atoms with Crippen LogP contribution in [0.25, 0.3) is 0 Å². The van der Waals surface area contributed by atoms with Crippen molar-refractivity contribution in [3.05, 3.63) is 17.6 Å². The first kappa shape index (κ1) is 13.9. The number of nitrogens with one attached hydrogen (secondary N) is 1. The lowest BCUT2D eigenvalue weighted by molar-refractivity contribution is 0.149. The lowest BCUT2D eigenvalue weighted by Gasteiger charge is -2.19. The van der Waals surface area contributed by atoms with Gasteiger partial charge in [-0.2, -0.15) is 0 Å². The maximum atomic E-state index is 5.34. The predicted molar refractivity (Wildman–Crippen MR) is 70.5 cm³/mol. The van der Waals surface area contributed by atoms with E-state index in [-0.39, 0.29) is 5.41 Å². The minimum absolute atomic E-state index is 0.0366. The van der Waals surface area contributed by atoms with Crippen LogP contribution in [0.2, 0.25) is 0 Å². The van der Waals surface area contributed by atoms with E-state index in [4.69, 9.17) is 4.74 Å². The number of ether oxygens (including phenoxy) is 1. The van der Waals surface area contributed by atoms with Gasteiger partial charge in [0.1, 0.15) is 11.6 Å². The molecular formula is C13H23N3O. The highest BCUT2D eigenvalue weighted by molar-refractivity contribution is 5.37. The fraction of sp³-hybridized carbons (Fsp3) is 0.692. The molecule has 0 amide bonds. The van der Waals surface area contributed by atoms with Gasteiger partial charge in [0.05, 0.1) is 12.3 Å². The zero-order chi connectivity index (χ0) is 12.9. The van der Waals surface area contributed by atoms with Crippen LogP contribution >= 0.6 is 0 Å². The van der Waals surface area contributed by atoms with Crippen molar-refractivity contribution in [2.45, 2.75) is 39.5 Å². The van der Waals surface area contributed by atoms with E-state index in [2.05, 4.69) is 36.1 Å². The average Bonchev–Trinajstić information content (AvgIpc) is 2.28. The molecule has 0 aliphatic heterocycles. The lowest BCUT2D eigenvalue weighted by Crippen LogP contribution is -2.17. The Hall–Kier alpha value is -1.16. The molecule has 0 radical (unpaired) electrons. The molecule has 1 aromatic rings. The van der Waals surface area contributed by atoms with Crippen LogP contribution in [0.1, 0.15) is 39.2 Å². The van der Waals surface area contributed by atoms with E-state index >= 15 is 0 Å². The minimum atomic E-state index is 0.0366. The predicted octanol–water partition coefficient (Wildman–Crippen LogP) is 2.39. The maximum Gasteiger partial charge on any atom is 0.133 e. The molecule has 0 unspecified atom stereocenters. The molecule has 1 aromatic heterocycles. The van der Waals surface area contributed by atoms with Gasteiger partial charge in [0.2, 0.25) is 0 Å². The van der Waals surface area contributed by atoms with E-state index in [1.807, 2.05) is 20.0 Å². The van der Waals surface area contributed by atoms with Crippen LogP contribution in [0, 0.1) is 0 Å². The van der Waals surface area contributed by atoms with E-state index in [0.29, 0.717) is 6.61 Å². The summed E-state index contributed by atoms with van der Waals surface area (Å²) in [5.41, 5.74) is 1.10. The summed E-state index contributed by atoms with van der Waals surface area (Å²) in [5.74, 6) is 1.71. The number of hydrogen-bond donors (Lipinski definition) is 1. The van der Waals surface area contributed by atoms with Gasteiger partial charge in [-0.25, -0.2) is 9.97 Å². The van der Waals surface area contributed by atoms with Gasteiger partial charge in [0.25, 0.3) is 0 Å². The van der Waals surface area contributed by atoms with E-state index in [9.17, 15) is 0 Å². The number of hydrogen-bond acceptors (Lipinski definition) is 4. The van der Waals surface area contributed by atoms with Crippen molar-refractivity contribution in [1.82, 2.24) is 9.97 Å². The average molecular weight is 237 g/mol. The van der Waals surface area contributed by atoms with Crippen LogP contribution < -0.4 is 5.32 Å². The molecule has 4 heteroatoms. The fourth-order valence-electron chi connectivity index (χ4n) is 1.43. The third kappa shape index (κ3) is 4.30. The van der Waals surface area contributed by atoms with Crippen molar-refractivity contribution in [1.29, 1.82) is 0 Å². The molecule has 0 saturated carbocycles. The first-order valence-corrected chi connectivity index (χ1v) is 6.11. The quantitative estimate of drug-likeness (QED) is 0.799. The third-order valence-corrected chi connectivity index (χ3v) is 2.47. The second-order valence-corrected chi connectivity index (χ2v) is 5.00. The normalized spacial score (nSPS) is 11.6. The Bertz CT molecular complexity index is 358. The molecule has 0 aliphatic rings. The molecular weight excluding hydrogens is 214 g/mol. The van der Waals surface area contributed by atoms with Gasteiger partial charge in [-0.15, -0.1) is 0 Å². The largest absolute Gasteiger partial charge is 0.381 e. The topological polar surface area (TPSA) is 47.0 Å². The molecule has 0 fully saturated rings. The molecule has 0 spiro atoms. The number of nitrogens with zero attached hydrogens (tertiary/aromatic N) is 2.